The molecule has 2 aromatic carbocycles. The SMILES string of the molecule is CNC(Cc1cccc(Cl)c1)c1c(F)ccc(Br)c1F. The zero-order chi connectivity index (χ0) is 14.7. The van der Waals surface area contributed by atoms with Crippen molar-refractivity contribution in [3.8, 4) is 0 Å². The van der Waals surface area contributed by atoms with Gasteiger partial charge in [0.05, 0.1) is 4.47 Å². The van der Waals surface area contributed by atoms with Crippen LogP contribution < -0.4 is 5.32 Å². The molecule has 0 saturated carbocycles. The van der Waals surface area contributed by atoms with Crippen molar-refractivity contribution in [2.75, 3.05) is 7.05 Å². The molecule has 0 bridgehead atoms. The molecule has 0 aliphatic carbocycles. The molecule has 1 N–H and O–H groups in total. The number of likely N-dealkylation sites (N-methyl/N-ethyl adjacent to an activating group) is 1. The van der Waals surface area contributed by atoms with Crippen molar-refractivity contribution in [2.45, 2.75) is 12.5 Å². The topological polar surface area (TPSA) is 12.0 Å². The van der Waals surface area contributed by atoms with Gasteiger partial charge in [0.1, 0.15) is 11.6 Å². The summed E-state index contributed by atoms with van der Waals surface area (Å²) in [7, 11) is 1.68. The quantitative estimate of drug-likeness (QED) is 0.766. The van der Waals surface area contributed by atoms with E-state index in [9.17, 15) is 8.78 Å². The van der Waals surface area contributed by atoms with E-state index in [-0.39, 0.29) is 10.0 Å². The number of benzene rings is 2. The number of hydrogen-bond donors (Lipinski definition) is 1. The lowest BCUT2D eigenvalue weighted by atomic mass is 9.98. The summed E-state index contributed by atoms with van der Waals surface area (Å²) < 4.78 is 28.3. The van der Waals surface area contributed by atoms with E-state index in [1.807, 2.05) is 12.1 Å². The number of rotatable bonds is 4. The lowest BCUT2D eigenvalue weighted by molar-refractivity contribution is 0.487. The van der Waals surface area contributed by atoms with Crippen LogP contribution in [0.25, 0.3) is 0 Å². The van der Waals surface area contributed by atoms with E-state index in [1.54, 1.807) is 19.2 Å². The highest BCUT2D eigenvalue weighted by Crippen LogP contribution is 2.29. The predicted molar refractivity (Wildman–Crippen MR) is 81.0 cm³/mol. The van der Waals surface area contributed by atoms with Crippen molar-refractivity contribution in [1.29, 1.82) is 0 Å². The van der Waals surface area contributed by atoms with Gasteiger partial charge in [-0.1, -0.05) is 23.7 Å². The van der Waals surface area contributed by atoms with Crippen LogP contribution in [0, 0.1) is 11.6 Å². The number of nitrogens with one attached hydrogen (secondary N) is 1. The summed E-state index contributed by atoms with van der Waals surface area (Å²) >= 11 is 9.01. The zero-order valence-corrected chi connectivity index (χ0v) is 13.1. The summed E-state index contributed by atoms with van der Waals surface area (Å²) in [6, 6.07) is 9.40. The Morgan fingerprint density at radius 3 is 2.65 bits per heavy atom. The van der Waals surface area contributed by atoms with Gasteiger partial charge in [0.25, 0.3) is 0 Å². The Kier molecular flexibility index (Phi) is 5.13. The van der Waals surface area contributed by atoms with Crippen LogP contribution in [0.5, 0.6) is 0 Å². The first-order chi connectivity index (χ1) is 9.52. The first kappa shape index (κ1) is 15.4. The van der Waals surface area contributed by atoms with Gasteiger partial charge < -0.3 is 5.32 Å². The van der Waals surface area contributed by atoms with Gasteiger partial charge in [-0.25, -0.2) is 8.78 Å². The van der Waals surface area contributed by atoms with Crippen molar-refractivity contribution in [3.05, 3.63) is 68.7 Å². The van der Waals surface area contributed by atoms with E-state index in [0.717, 1.165) is 5.56 Å². The molecule has 0 aliphatic heterocycles. The minimum Gasteiger partial charge on any atom is -0.313 e. The van der Waals surface area contributed by atoms with Crippen molar-refractivity contribution in [3.63, 3.8) is 0 Å². The molecule has 0 aliphatic rings. The minimum atomic E-state index is -0.577. The third-order valence-corrected chi connectivity index (χ3v) is 3.95. The number of hydrogen-bond acceptors (Lipinski definition) is 1. The van der Waals surface area contributed by atoms with Gasteiger partial charge in [0.15, 0.2) is 0 Å². The fourth-order valence-electron chi connectivity index (χ4n) is 2.11. The van der Waals surface area contributed by atoms with Gasteiger partial charge in [-0.15, -0.1) is 0 Å². The van der Waals surface area contributed by atoms with E-state index < -0.39 is 17.7 Å². The molecule has 0 aromatic heterocycles. The Balaban J connectivity index is 2.36. The molecule has 0 fully saturated rings. The highest BCUT2D eigenvalue weighted by atomic mass is 79.9. The lowest BCUT2D eigenvalue weighted by Crippen LogP contribution is -2.21. The Morgan fingerprint density at radius 1 is 1.25 bits per heavy atom. The summed E-state index contributed by atoms with van der Waals surface area (Å²) in [6.45, 7) is 0. The third-order valence-electron chi connectivity index (χ3n) is 3.11. The van der Waals surface area contributed by atoms with Crippen LogP contribution in [0.2, 0.25) is 5.02 Å². The Labute approximate surface area is 130 Å². The third kappa shape index (κ3) is 3.37. The van der Waals surface area contributed by atoms with E-state index in [1.165, 1.54) is 12.1 Å². The van der Waals surface area contributed by atoms with Gasteiger partial charge in [-0.05, 0) is 59.2 Å². The highest BCUT2D eigenvalue weighted by Gasteiger charge is 2.21. The molecule has 1 unspecified atom stereocenters. The molecule has 2 aromatic rings. The van der Waals surface area contributed by atoms with E-state index in [4.69, 9.17) is 11.6 Å². The standard InChI is InChI=1S/C15H13BrClF2N/c1-20-13(8-9-3-2-4-10(17)7-9)14-12(18)6-5-11(16)15(14)19/h2-7,13,20H,8H2,1H3. The van der Waals surface area contributed by atoms with Crippen LogP contribution in [0.3, 0.4) is 0 Å². The first-order valence-electron chi connectivity index (χ1n) is 6.08. The van der Waals surface area contributed by atoms with Crippen LogP contribution in [0.15, 0.2) is 40.9 Å². The molecule has 1 atom stereocenters. The maximum atomic E-state index is 14.1. The Morgan fingerprint density at radius 2 is 2.00 bits per heavy atom. The van der Waals surface area contributed by atoms with Crippen LogP contribution in [0.4, 0.5) is 8.78 Å². The molecule has 2 rings (SSSR count). The second-order valence-corrected chi connectivity index (χ2v) is 5.72. The summed E-state index contributed by atoms with van der Waals surface area (Å²) in [4.78, 5) is 0. The summed E-state index contributed by atoms with van der Waals surface area (Å²) in [6.07, 6.45) is 0.446. The molecule has 5 heteroatoms. The molecular formula is C15H13BrClF2N. The van der Waals surface area contributed by atoms with Crippen LogP contribution in [0.1, 0.15) is 17.2 Å². The second-order valence-electron chi connectivity index (χ2n) is 4.43. The summed E-state index contributed by atoms with van der Waals surface area (Å²) in [5.74, 6) is -1.14. The average molecular weight is 361 g/mol. The van der Waals surface area contributed by atoms with Gasteiger partial charge >= 0.3 is 0 Å². The molecule has 0 saturated heterocycles. The van der Waals surface area contributed by atoms with Gasteiger partial charge in [0.2, 0.25) is 0 Å². The van der Waals surface area contributed by atoms with Crippen molar-refractivity contribution in [1.82, 2.24) is 5.32 Å². The molecule has 0 radical (unpaired) electrons. The van der Waals surface area contributed by atoms with E-state index in [2.05, 4.69) is 21.2 Å². The van der Waals surface area contributed by atoms with Crippen LogP contribution in [-0.4, -0.2) is 7.05 Å². The first-order valence-corrected chi connectivity index (χ1v) is 7.25. The minimum absolute atomic E-state index is 0.0295. The average Bonchev–Trinajstić information content (AvgIpc) is 2.42. The fourth-order valence-corrected chi connectivity index (χ4v) is 2.67. The molecule has 1 nitrogen and oxygen atoms in total. The Hall–Kier alpha value is -0.970. The smallest absolute Gasteiger partial charge is 0.145 e. The highest BCUT2D eigenvalue weighted by molar-refractivity contribution is 9.10. The van der Waals surface area contributed by atoms with Crippen LogP contribution in [-0.2, 0) is 6.42 Å². The molecule has 106 valence electrons. The van der Waals surface area contributed by atoms with Crippen molar-refractivity contribution >= 4 is 27.5 Å². The zero-order valence-electron chi connectivity index (χ0n) is 10.8. The monoisotopic (exact) mass is 359 g/mol. The van der Waals surface area contributed by atoms with Crippen LogP contribution >= 0.6 is 27.5 Å². The molecular weight excluding hydrogens is 348 g/mol. The maximum absolute atomic E-state index is 14.1. The lowest BCUT2D eigenvalue weighted by Gasteiger charge is -2.19. The molecule has 20 heavy (non-hydrogen) atoms. The Bertz CT molecular complexity index is 619. The predicted octanol–water partition coefficient (Wildman–Crippen LogP) is 4.88. The van der Waals surface area contributed by atoms with Gasteiger partial charge in [0, 0.05) is 16.6 Å². The molecule has 0 heterocycles. The normalized spacial score (nSPS) is 12.4. The molecule has 0 spiro atoms. The summed E-state index contributed by atoms with van der Waals surface area (Å²) in [5.41, 5.74) is 0.942. The van der Waals surface area contributed by atoms with Crippen molar-refractivity contribution < 1.29 is 8.78 Å². The largest absolute Gasteiger partial charge is 0.313 e. The second kappa shape index (κ2) is 6.66. The fraction of sp³-hybridized carbons (Fsp3) is 0.200. The van der Waals surface area contributed by atoms with E-state index in [0.29, 0.717) is 11.4 Å². The molecule has 0 amide bonds. The van der Waals surface area contributed by atoms with Crippen molar-refractivity contribution in [2.24, 2.45) is 0 Å². The summed E-state index contributed by atoms with van der Waals surface area (Å²) in [5, 5.41) is 3.56. The van der Waals surface area contributed by atoms with Gasteiger partial charge in [-0.3, -0.25) is 0 Å². The van der Waals surface area contributed by atoms with Gasteiger partial charge in [-0.2, -0.15) is 0 Å². The maximum Gasteiger partial charge on any atom is 0.145 e. The van der Waals surface area contributed by atoms with E-state index >= 15 is 0 Å². The number of halogens is 4.